The van der Waals surface area contributed by atoms with Crippen molar-refractivity contribution >= 4 is 5.78 Å². The highest BCUT2D eigenvalue weighted by molar-refractivity contribution is 5.83. The standard InChI is InChI=1S/C62H100O31/c1-8-27(66)30-15-23(2)62(93-30)16-35(69)61(7)26-9-10-34-58(4,25(26)11-14-60(61,62)6)13-12-36(59(34,5)22-65)88-53-47(80)44(77)41(74)33(87-53)21-83-55-49(38(71)28(67)19-81-55)91-57-51(92-52-46(79)43(76)37(70)24(3)84-52)48(42(75)32(18-64)86-57)89-56-50(39(72)29(68)20-82-56)90-54-45(78)40(73)31(17-63)85-54/h23-24,28-57,63-65,67-80H,8-22H2,1-7H3. The minimum Gasteiger partial charge on any atom is -0.396 e. The van der Waals surface area contributed by atoms with Crippen molar-refractivity contribution in [3.8, 4) is 0 Å². The molecule has 7 saturated heterocycles. The average Bonchev–Trinajstić information content (AvgIpc) is 1.55. The van der Waals surface area contributed by atoms with E-state index in [1.807, 2.05) is 13.8 Å². The summed E-state index contributed by atoms with van der Waals surface area (Å²) in [6.45, 7) is 9.77. The molecular formula is C62H100O31. The first kappa shape index (κ1) is 72.5. The first-order valence-corrected chi connectivity index (χ1v) is 32.9. The second-order valence-electron chi connectivity index (χ2n) is 28.9. The van der Waals surface area contributed by atoms with Crippen LogP contribution in [0.2, 0.25) is 0 Å². The van der Waals surface area contributed by atoms with Gasteiger partial charge in [-0.2, -0.15) is 0 Å². The second-order valence-corrected chi connectivity index (χ2v) is 28.9. The molecule has 4 aliphatic carbocycles. The van der Waals surface area contributed by atoms with Gasteiger partial charge in [-0.1, -0.05) is 52.7 Å². The summed E-state index contributed by atoms with van der Waals surface area (Å²) >= 11 is 0. The number of ether oxygens (including phenoxy) is 13. The molecule has 1 spiro atoms. The summed E-state index contributed by atoms with van der Waals surface area (Å²) in [4.78, 5) is 13.1. The van der Waals surface area contributed by atoms with Crippen LogP contribution in [0.4, 0.5) is 0 Å². The van der Waals surface area contributed by atoms with Gasteiger partial charge in [0, 0.05) is 29.1 Å². The molecule has 0 aromatic heterocycles. The number of aliphatic hydroxyl groups is 17. The molecule has 0 bridgehead atoms. The van der Waals surface area contributed by atoms with Gasteiger partial charge in [-0.15, -0.1) is 0 Å². The molecule has 31 heteroatoms. The largest absolute Gasteiger partial charge is 0.396 e. The van der Waals surface area contributed by atoms with Gasteiger partial charge in [0.2, 0.25) is 0 Å². The zero-order chi connectivity index (χ0) is 67.5. The van der Waals surface area contributed by atoms with Crippen LogP contribution in [0, 0.1) is 33.5 Å². The predicted octanol–water partition coefficient (Wildman–Crippen LogP) is -5.54. The lowest BCUT2D eigenvalue weighted by Gasteiger charge is -2.63. The summed E-state index contributed by atoms with van der Waals surface area (Å²) in [5, 5.41) is 189. The number of fused-ring (bicyclic) bond motifs is 5. The SMILES string of the molecule is CCC(=O)C1CC(C)C2(CC(O)C3(C)C4=C(CCC23C)C2(C)CCC(OC3OC(COC5OCC(O)C(O)C5OC5OC(CO)C(O)C(OC6OCC(O)C(O)C6OC6OC(CO)C(O)C6O)C5OC5OC(C)C(O)C(O)C5O)C(O)C(O)C3O)C(C)(CO)C2CC4)O1. The van der Waals surface area contributed by atoms with E-state index in [1.165, 1.54) is 18.1 Å². The van der Waals surface area contributed by atoms with Crippen LogP contribution < -0.4 is 0 Å². The molecular weight excluding hydrogens is 1240 g/mol. The minimum atomic E-state index is -2.06. The fraction of sp³-hybridized carbons (Fsp3) is 0.952. The van der Waals surface area contributed by atoms with Gasteiger partial charge < -0.3 is 148 Å². The third kappa shape index (κ3) is 12.1. The van der Waals surface area contributed by atoms with Crippen LogP contribution in [-0.2, 0) is 66.4 Å². The van der Waals surface area contributed by atoms with Gasteiger partial charge in [0.25, 0.3) is 0 Å². The molecule has 2 saturated carbocycles. The predicted molar refractivity (Wildman–Crippen MR) is 307 cm³/mol. The number of Topliss-reactive ketones (excluding diaryl/α,β-unsaturated/α-hetero) is 1. The maximum atomic E-state index is 13.1. The van der Waals surface area contributed by atoms with Gasteiger partial charge in [0.15, 0.2) is 43.5 Å². The Bertz CT molecular complexity index is 2610. The number of hydrogen-bond acceptors (Lipinski definition) is 31. The van der Waals surface area contributed by atoms with Crippen molar-refractivity contribution in [2.45, 2.75) is 296 Å². The second kappa shape index (κ2) is 27.6. The topological polar surface area (TPSA) is 481 Å². The Kier molecular flexibility index (Phi) is 21.5. The lowest BCUT2D eigenvalue weighted by atomic mass is 9.42. The van der Waals surface area contributed by atoms with Gasteiger partial charge in [-0.3, -0.25) is 4.79 Å². The van der Waals surface area contributed by atoms with Crippen LogP contribution >= 0.6 is 0 Å². The maximum absolute atomic E-state index is 13.1. The molecule has 11 aliphatic rings. The van der Waals surface area contributed by atoms with Crippen molar-refractivity contribution in [1.29, 1.82) is 0 Å². The number of carbonyl (C=O) groups excluding carboxylic acids is 1. The van der Waals surface area contributed by atoms with Crippen molar-refractivity contribution < 1.29 is 153 Å². The van der Waals surface area contributed by atoms with E-state index in [0.29, 0.717) is 51.4 Å². The number of hydrogen-bond donors (Lipinski definition) is 17. The Morgan fingerprint density at radius 1 is 0.538 bits per heavy atom. The van der Waals surface area contributed by atoms with E-state index >= 15 is 0 Å². The summed E-state index contributed by atoms with van der Waals surface area (Å²) in [6.07, 6.45) is -45.7. The van der Waals surface area contributed by atoms with Gasteiger partial charge in [-0.25, -0.2) is 0 Å². The van der Waals surface area contributed by atoms with Crippen molar-refractivity contribution in [2.24, 2.45) is 33.5 Å². The van der Waals surface area contributed by atoms with Crippen LogP contribution in [0.3, 0.4) is 0 Å². The lowest BCUT2D eigenvalue weighted by Crippen LogP contribution is -2.68. The van der Waals surface area contributed by atoms with Gasteiger partial charge in [0.05, 0.1) is 63.6 Å². The van der Waals surface area contributed by atoms with Crippen molar-refractivity contribution in [1.82, 2.24) is 0 Å². The van der Waals surface area contributed by atoms with E-state index in [-0.39, 0.29) is 24.2 Å². The Morgan fingerprint density at radius 3 is 1.71 bits per heavy atom. The number of ketones is 1. The zero-order valence-electron chi connectivity index (χ0n) is 53.4. The highest BCUT2D eigenvalue weighted by Gasteiger charge is 2.75. The monoisotopic (exact) mass is 1340 g/mol. The van der Waals surface area contributed by atoms with E-state index in [4.69, 9.17) is 61.6 Å². The number of carbonyl (C=O) groups is 1. The van der Waals surface area contributed by atoms with Crippen LogP contribution in [0.1, 0.15) is 106 Å². The zero-order valence-corrected chi connectivity index (χ0v) is 53.4. The molecule has 7 heterocycles. The Balaban J connectivity index is 0.814. The highest BCUT2D eigenvalue weighted by atomic mass is 16.8. The first-order chi connectivity index (χ1) is 43.9. The fourth-order valence-electron chi connectivity index (χ4n) is 18.1. The quantitative estimate of drug-likeness (QED) is 0.0569. The normalized spacial score (nSPS) is 55.1. The molecule has 0 radical (unpaired) electrons. The smallest absolute Gasteiger partial charge is 0.187 e. The van der Waals surface area contributed by atoms with Gasteiger partial charge in [-0.05, 0) is 69.1 Å². The molecule has 9 fully saturated rings. The molecule has 534 valence electrons. The molecule has 37 atom stereocenters. The summed E-state index contributed by atoms with van der Waals surface area (Å²) in [6, 6.07) is 0. The van der Waals surface area contributed by atoms with Crippen molar-refractivity contribution in [3.05, 3.63) is 11.1 Å². The van der Waals surface area contributed by atoms with Crippen LogP contribution in [0.15, 0.2) is 11.1 Å². The molecule has 0 aromatic rings. The van der Waals surface area contributed by atoms with E-state index < -0.39 is 245 Å². The number of rotatable bonds is 18. The molecule has 7 aliphatic heterocycles. The fourth-order valence-corrected chi connectivity index (χ4v) is 18.1. The van der Waals surface area contributed by atoms with Crippen molar-refractivity contribution in [3.63, 3.8) is 0 Å². The van der Waals surface area contributed by atoms with E-state index in [1.54, 1.807) is 0 Å². The number of allylic oxidation sites excluding steroid dienone is 1. The minimum absolute atomic E-state index is 0.0350. The maximum Gasteiger partial charge on any atom is 0.187 e. The molecule has 93 heavy (non-hydrogen) atoms. The highest BCUT2D eigenvalue weighted by Crippen LogP contribution is 2.75. The molecule has 17 N–H and O–H groups in total. The Hall–Kier alpha value is -1.79. The first-order valence-electron chi connectivity index (χ1n) is 32.9. The summed E-state index contributed by atoms with van der Waals surface area (Å²) in [7, 11) is 0. The summed E-state index contributed by atoms with van der Waals surface area (Å²) in [5.74, 6) is -0.0881. The van der Waals surface area contributed by atoms with Crippen LogP contribution in [0.5, 0.6) is 0 Å². The van der Waals surface area contributed by atoms with E-state index in [0.717, 1.165) is 6.42 Å². The molecule has 11 rings (SSSR count). The average molecular weight is 1340 g/mol. The Labute approximate surface area is 537 Å². The third-order valence-corrected chi connectivity index (χ3v) is 24.0. The summed E-state index contributed by atoms with van der Waals surface area (Å²) < 4.78 is 79.4. The van der Waals surface area contributed by atoms with E-state index in [2.05, 4.69) is 27.7 Å². The Morgan fingerprint density at radius 2 is 1.08 bits per heavy atom. The molecule has 0 aromatic carbocycles. The van der Waals surface area contributed by atoms with Crippen LogP contribution in [0.25, 0.3) is 0 Å². The van der Waals surface area contributed by atoms with E-state index in [9.17, 15) is 91.6 Å². The van der Waals surface area contributed by atoms with Gasteiger partial charge >= 0.3 is 0 Å². The molecule has 37 unspecified atom stereocenters. The third-order valence-electron chi connectivity index (χ3n) is 24.0. The van der Waals surface area contributed by atoms with Crippen LogP contribution in [-0.4, -0.2) is 322 Å². The molecule has 0 amide bonds. The lowest BCUT2D eigenvalue weighted by molar-refractivity contribution is -0.407. The summed E-state index contributed by atoms with van der Waals surface area (Å²) in [5.41, 5.74) is -0.864. The van der Waals surface area contributed by atoms with Gasteiger partial charge in [0.1, 0.15) is 128 Å². The van der Waals surface area contributed by atoms with Crippen molar-refractivity contribution in [2.75, 3.05) is 39.6 Å². The molecule has 31 nitrogen and oxygen atoms in total. The number of aliphatic hydroxyl groups excluding tert-OH is 17.